The van der Waals surface area contributed by atoms with Crippen molar-refractivity contribution in [2.24, 2.45) is 0 Å². The van der Waals surface area contributed by atoms with Gasteiger partial charge in [-0.25, -0.2) is 4.68 Å². The molecule has 1 unspecified atom stereocenters. The van der Waals surface area contributed by atoms with Crippen LogP contribution in [0, 0.1) is 6.92 Å². The second kappa shape index (κ2) is 8.15. The van der Waals surface area contributed by atoms with Crippen LogP contribution < -0.4 is 14.8 Å². The molecular weight excluding hydrogens is 404 g/mol. The Morgan fingerprint density at radius 3 is 2.69 bits per heavy atom. The molecule has 1 aliphatic heterocycles. The second-order valence-electron chi connectivity index (χ2n) is 8.11. The quantitative estimate of drug-likeness (QED) is 0.633. The lowest BCUT2D eigenvalue weighted by Crippen LogP contribution is -2.31. The molecule has 5 rings (SSSR count). The number of nitrogens with zero attached hydrogens (tertiary/aromatic N) is 3. The molecule has 0 bridgehead atoms. The summed E-state index contributed by atoms with van der Waals surface area (Å²) in [6.07, 6.45) is 2.20. The van der Waals surface area contributed by atoms with Gasteiger partial charge in [0.2, 0.25) is 5.95 Å². The minimum absolute atomic E-state index is 0.148. The van der Waals surface area contributed by atoms with E-state index >= 15 is 0 Å². The van der Waals surface area contributed by atoms with E-state index in [-0.39, 0.29) is 11.8 Å². The third kappa shape index (κ3) is 3.43. The van der Waals surface area contributed by atoms with Crippen molar-refractivity contribution in [3.63, 3.8) is 0 Å². The van der Waals surface area contributed by atoms with Crippen LogP contribution in [0.2, 0.25) is 0 Å². The number of ketones is 1. The van der Waals surface area contributed by atoms with Gasteiger partial charge >= 0.3 is 0 Å². The van der Waals surface area contributed by atoms with Crippen LogP contribution in [0.25, 0.3) is 11.4 Å². The molecule has 0 saturated carbocycles. The number of allylic oxidation sites excluding steroid dienone is 2. The highest BCUT2D eigenvalue weighted by molar-refractivity contribution is 5.99. The van der Waals surface area contributed by atoms with Crippen molar-refractivity contribution in [1.82, 2.24) is 14.8 Å². The van der Waals surface area contributed by atoms with E-state index in [1.165, 1.54) is 5.56 Å². The van der Waals surface area contributed by atoms with Crippen LogP contribution in [0.1, 0.15) is 43.4 Å². The third-order valence-corrected chi connectivity index (χ3v) is 5.98. The van der Waals surface area contributed by atoms with Crippen LogP contribution in [-0.2, 0) is 4.79 Å². The van der Waals surface area contributed by atoms with Crippen LogP contribution in [0.15, 0.2) is 53.7 Å². The number of ether oxygens (including phenoxy) is 2. The zero-order valence-electron chi connectivity index (χ0n) is 18.5. The fraction of sp³-hybridized carbons (Fsp3) is 0.320. The van der Waals surface area contributed by atoms with E-state index in [9.17, 15) is 4.79 Å². The molecule has 0 saturated heterocycles. The molecule has 0 spiro atoms. The Morgan fingerprint density at radius 2 is 1.94 bits per heavy atom. The van der Waals surface area contributed by atoms with Crippen molar-refractivity contribution in [2.45, 2.75) is 39.2 Å². The number of methoxy groups -OCH3 is 1. The summed E-state index contributed by atoms with van der Waals surface area (Å²) >= 11 is 0. The van der Waals surface area contributed by atoms with Gasteiger partial charge in [-0.15, -0.1) is 5.10 Å². The fourth-order valence-corrected chi connectivity index (χ4v) is 4.42. The first kappa shape index (κ1) is 20.3. The standard InChI is InChI=1S/C25H26N4O3/c1-4-32-20-13-12-17(14-21(20)31-3)23-22-18(6-5-7-19(22)30)26-25-27-24(28-29(23)25)16-10-8-15(2)9-11-16/h8-14,23H,4-7H2,1-3H3,(H,26,27,28). The number of aryl methyl sites for hydroxylation is 1. The summed E-state index contributed by atoms with van der Waals surface area (Å²) < 4.78 is 13.1. The molecule has 164 valence electrons. The number of fused-ring (bicyclic) bond motifs is 1. The maximum absolute atomic E-state index is 13.0. The lowest BCUT2D eigenvalue weighted by atomic mass is 9.85. The molecule has 0 radical (unpaired) electrons. The number of hydrogen-bond donors (Lipinski definition) is 1. The highest BCUT2D eigenvalue weighted by Crippen LogP contribution is 2.42. The van der Waals surface area contributed by atoms with Gasteiger partial charge in [0.1, 0.15) is 6.04 Å². The van der Waals surface area contributed by atoms with Gasteiger partial charge in [-0.2, -0.15) is 4.98 Å². The Bertz CT molecular complexity index is 1210. The van der Waals surface area contributed by atoms with Gasteiger partial charge in [-0.05, 0) is 44.4 Å². The molecule has 1 aliphatic carbocycles. The molecule has 0 amide bonds. The predicted octanol–water partition coefficient (Wildman–Crippen LogP) is 4.68. The van der Waals surface area contributed by atoms with Gasteiger partial charge in [0.05, 0.1) is 13.7 Å². The molecule has 0 fully saturated rings. The topological polar surface area (TPSA) is 78.3 Å². The Labute approximate surface area is 187 Å². The SMILES string of the molecule is CCOc1ccc(C2C3=C(CCCC3=O)Nc3nc(-c4ccc(C)cc4)nn32)cc1OC. The van der Waals surface area contributed by atoms with Gasteiger partial charge in [-0.3, -0.25) is 4.79 Å². The molecule has 32 heavy (non-hydrogen) atoms. The number of rotatable bonds is 5. The van der Waals surface area contributed by atoms with E-state index in [0.29, 0.717) is 36.3 Å². The average Bonchev–Trinajstić information content (AvgIpc) is 3.22. The Morgan fingerprint density at radius 1 is 1.12 bits per heavy atom. The first-order valence-corrected chi connectivity index (χ1v) is 11.0. The molecule has 1 atom stereocenters. The number of benzene rings is 2. The zero-order chi connectivity index (χ0) is 22.2. The molecule has 2 heterocycles. The summed E-state index contributed by atoms with van der Waals surface area (Å²) in [5.41, 5.74) is 4.73. The van der Waals surface area contributed by atoms with Crippen LogP contribution in [0.4, 0.5) is 5.95 Å². The van der Waals surface area contributed by atoms with Gasteiger partial charge in [0.15, 0.2) is 23.1 Å². The minimum atomic E-state index is -0.370. The molecule has 3 aromatic rings. The van der Waals surface area contributed by atoms with Crippen LogP contribution >= 0.6 is 0 Å². The number of carbonyl (C=O) groups excluding carboxylic acids is 1. The maximum Gasteiger partial charge on any atom is 0.226 e. The summed E-state index contributed by atoms with van der Waals surface area (Å²) in [4.78, 5) is 17.8. The molecule has 2 aliphatic rings. The van der Waals surface area contributed by atoms with E-state index in [1.54, 1.807) is 7.11 Å². The predicted molar refractivity (Wildman–Crippen MR) is 122 cm³/mol. The number of Topliss-reactive ketones (excluding diaryl/α,β-unsaturated/α-hetero) is 1. The van der Waals surface area contributed by atoms with Crippen molar-refractivity contribution in [2.75, 3.05) is 19.0 Å². The smallest absolute Gasteiger partial charge is 0.226 e. The normalized spacial score (nSPS) is 17.5. The summed E-state index contributed by atoms with van der Waals surface area (Å²) in [7, 11) is 1.62. The maximum atomic E-state index is 13.0. The van der Waals surface area contributed by atoms with E-state index < -0.39 is 0 Å². The first-order valence-electron chi connectivity index (χ1n) is 11.0. The summed E-state index contributed by atoms with van der Waals surface area (Å²) in [6, 6.07) is 13.6. The summed E-state index contributed by atoms with van der Waals surface area (Å²) in [6.45, 7) is 4.53. The van der Waals surface area contributed by atoms with Gasteiger partial charge in [-0.1, -0.05) is 35.9 Å². The Hall–Kier alpha value is -3.61. The van der Waals surface area contributed by atoms with Gasteiger partial charge in [0.25, 0.3) is 0 Å². The molecule has 1 aromatic heterocycles. The molecule has 1 N–H and O–H groups in total. The summed E-state index contributed by atoms with van der Waals surface area (Å²) in [5.74, 6) is 2.73. The zero-order valence-corrected chi connectivity index (χ0v) is 18.5. The fourth-order valence-electron chi connectivity index (χ4n) is 4.42. The number of aromatic nitrogens is 3. The van der Waals surface area contributed by atoms with Crippen molar-refractivity contribution < 1.29 is 14.3 Å². The highest BCUT2D eigenvalue weighted by Gasteiger charge is 2.37. The van der Waals surface area contributed by atoms with Crippen molar-refractivity contribution >= 4 is 11.7 Å². The lowest BCUT2D eigenvalue weighted by molar-refractivity contribution is -0.116. The first-order chi connectivity index (χ1) is 15.6. The van der Waals surface area contributed by atoms with Crippen LogP contribution in [0.3, 0.4) is 0 Å². The van der Waals surface area contributed by atoms with Crippen molar-refractivity contribution in [3.05, 3.63) is 64.9 Å². The van der Waals surface area contributed by atoms with E-state index in [2.05, 4.69) is 12.2 Å². The van der Waals surface area contributed by atoms with E-state index in [1.807, 2.05) is 54.1 Å². The highest BCUT2D eigenvalue weighted by atomic mass is 16.5. The molecule has 7 nitrogen and oxygen atoms in total. The molecular formula is C25H26N4O3. The van der Waals surface area contributed by atoms with Crippen LogP contribution in [0.5, 0.6) is 11.5 Å². The minimum Gasteiger partial charge on any atom is -0.493 e. The average molecular weight is 431 g/mol. The number of hydrogen-bond acceptors (Lipinski definition) is 6. The number of carbonyl (C=O) groups is 1. The Balaban J connectivity index is 1.65. The van der Waals surface area contributed by atoms with Gasteiger partial charge < -0.3 is 14.8 Å². The van der Waals surface area contributed by atoms with Crippen LogP contribution in [-0.4, -0.2) is 34.3 Å². The van der Waals surface area contributed by atoms with E-state index in [4.69, 9.17) is 19.6 Å². The number of anilines is 1. The van der Waals surface area contributed by atoms with Gasteiger partial charge in [0, 0.05) is 23.3 Å². The van der Waals surface area contributed by atoms with E-state index in [0.717, 1.165) is 35.2 Å². The van der Waals surface area contributed by atoms with Crippen molar-refractivity contribution in [1.29, 1.82) is 0 Å². The Kier molecular flexibility index (Phi) is 5.17. The van der Waals surface area contributed by atoms with Crippen molar-refractivity contribution in [3.8, 4) is 22.9 Å². The molecule has 2 aromatic carbocycles. The molecule has 7 heteroatoms. The number of nitrogens with one attached hydrogen (secondary N) is 1. The largest absolute Gasteiger partial charge is 0.493 e. The summed E-state index contributed by atoms with van der Waals surface area (Å²) in [5, 5.41) is 8.22. The lowest BCUT2D eigenvalue weighted by Gasteiger charge is -2.32. The second-order valence-corrected chi connectivity index (χ2v) is 8.11. The monoisotopic (exact) mass is 430 g/mol. The third-order valence-electron chi connectivity index (χ3n) is 5.98.